The van der Waals surface area contributed by atoms with Crippen molar-refractivity contribution in [2.24, 2.45) is 0 Å². The summed E-state index contributed by atoms with van der Waals surface area (Å²) in [6.45, 7) is 5.57. The van der Waals surface area contributed by atoms with Crippen LogP contribution in [0.15, 0.2) is 12.4 Å². The van der Waals surface area contributed by atoms with Gasteiger partial charge in [0.25, 0.3) is 5.91 Å². The molecule has 1 aromatic rings. The summed E-state index contributed by atoms with van der Waals surface area (Å²) in [6, 6.07) is -0.687. The fourth-order valence-electron chi connectivity index (χ4n) is 1.91. The Morgan fingerprint density at radius 2 is 2.05 bits per heavy atom. The summed E-state index contributed by atoms with van der Waals surface area (Å²) in [4.78, 5) is 32.7. The van der Waals surface area contributed by atoms with Gasteiger partial charge in [-0.25, -0.2) is 19.2 Å². The van der Waals surface area contributed by atoms with Crippen LogP contribution in [-0.4, -0.2) is 40.2 Å². The molecule has 8 heteroatoms. The van der Waals surface area contributed by atoms with Gasteiger partial charge in [0.05, 0.1) is 12.4 Å². The highest BCUT2D eigenvalue weighted by Gasteiger charge is 2.35. The van der Waals surface area contributed by atoms with E-state index in [0.717, 1.165) is 12.4 Å². The van der Waals surface area contributed by atoms with E-state index < -0.39 is 23.6 Å². The number of hydrogen-bond acceptors (Lipinski definition) is 5. The van der Waals surface area contributed by atoms with E-state index in [0.29, 0.717) is 13.0 Å². The van der Waals surface area contributed by atoms with Crippen molar-refractivity contribution in [2.75, 3.05) is 11.4 Å². The molecule has 1 unspecified atom stereocenters. The molecule has 0 spiro atoms. The van der Waals surface area contributed by atoms with Gasteiger partial charge >= 0.3 is 6.09 Å². The Labute approximate surface area is 121 Å². The van der Waals surface area contributed by atoms with Gasteiger partial charge in [-0.1, -0.05) is 0 Å². The first kappa shape index (κ1) is 15.1. The zero-order valence-corrected chi connectivity index (χ0v) is 12.1. The number of rotatable bonds is 2. The van der Waals surface area contributed by atoms with Crippen molar-refractivity contribution < 1.29 is 18.7 Å². The normalized spacial score (nSPS) is 18.8. The molecule has 1 fully saturated rings. The van der Waals surface area contributed by atoms with Gasteiger partial charge in [0.1, 0.15) is 11.6 Å². The number of anilines is 1. The Morgan fingerprint density at radius 1 is 1.43 bits per heavy atom. The highest BCUT2D eigenvalue weighted by Crippen LogP contribution is 2.18. The summed E-state index contributed by atoms with van der Waals surface area (Å²) in [6.07, 6.45) is 1.75. The Hall–Kier alpha value is -2.25. The second kappa shape index (κ2) is 5.63. The molecular weight excluding hydrogens is 279 g/mol. The summed E-state index contributed by atoms with van der Waals surface area (Å²) >= 11 is 0. The number of amides is 2. The van der Waals surface area contributed by atoms with Crippen molar-refractivity contribution in [3.8, 4) is 0 Å². The van der Waals surface area contributed by atoms with E-state index in [2.05, 4.69) is 15.3 Å². The number of hydrogen-bond donors (Lipinski definition) is 1. The quantitative estimate of drug-likeness (QED) is 0.887. The van der Waals surface area contributed by atoms with Gasteiger partial charge < -0.3 is 10.1 Å². The first-order chi connectivity index (χ1) is 9.76. The van der Waals surface area contributed by atoms with Crippen molar-refractivity contribution in [3.63, 3.8) is 0 Å². The molecule has 1 N–H and O–H groups in total. The maximum absolute atomic E-state index is 12.8. The number of nitrogens with one attached hydrogen (secondary N) is 1. The lowest BCUT2D eigenvalue weighted by atomic mass is 10.2. The van der Waals surface area contributed by atoms with E-state index in [4.69, 9.17) is 4.74 Å². The van der Waals surface area contributed by atoms with Crippen LogP contribution in [-0.2, 0) is 9.53 Å². The summed E-state index contributed by atoms with van der Waals surface area (Å²) in [7, 11) is 0. The van der Waals surface area contributed by atoms with Crippen LogP contribution < -0.4 is 10.2 Å². The molecule has 21 heavy (non-hydrogen) atoms. The molecular formula is C13H17FN4O3. The standard InChI is InChI=1S/C13H17FN4O3/c1-13(2,3)21-12(20)17-9-4-5-18(10(9)19)11-15-6-8(14)7-16-11/h6-7,9H,4-5H2,1-3H3,(H,17,20). The van der Waals surface area contributed by atoms with E-state index in [-0.39, 0.29) is 11.9 Å². The van der Waals surface area contributed by atoms with Crippen LogP contribution >= 0.6 is 0 Å². The number of nitrogens with zero attached hydrogens (tertiary/aromatic N) is 3. The van der Waals surface area contributed by atoms with Crippen LogP contribution in [0.1, 0.15) is 27.2 Å². The average molecular weight is 296 g/mol. The molecule has 1 atom stereocenters. The van der Waals surface area contributed by atoms with Gasteiger partial charge in [0, 0.05) is 6.54 Å². The van der Waals surface area contributed by atoms with Crippen LogP contribution in [0.3, 0.4) is 0 Å². The van der Waals surface area contributed by atoms with E-state index in [1.165, 1.54) is 4.90 Å². The lowest BCUT2D eigenvalue weighted by Crippen LogP contribution is -2.44. The average Bonchev–Trinajstić information content (AvgIpc) is 2.70. The monoisotopic (exact) mass is 296 g/mol. The highest BCUT2D eigenvalue weighted by molar-refractivity contribution is 5.99. The van der Waals surface area contributed by atoms with Gasteiger partial charge in [-0.2, -0.15) is 0 Å². The minimum absolute atomic E-state index is 0.120. The first-order valence-corrected chi connectivity index (χ1v) is 6.55. The van der Waals surface area contributed by atoms with Gasteiger partial charge in [0.2, 0.25) is 5.95 Å². The number of carbonyl (C=O) groups excluding carboxylic acids is 2. The third-order valence-corrected chi connectivity index (χ3v) is 2.74. The van der Waals surface area contributed by atoms with Gasteiger partial charge in [-0.05, 0) is 27.2 Å². The molecule has 0 aliphatic carbocycles. The van der Waals surface area contributed by atoms with Crippen molar-refractivity contribution in [2.45, 2.75) is 38.8 Å². The minimum Gasteiger partial charge on any atom is -0.444 e. The highest BCUT2D eigenvalue weighted by atomic mass is 19.1. The van der Waals surface area contributed by atoms with Crippen molar-refractivity contribution in [1.29, 1.82) is 0 Å². The molecule has 0 radical (unpaired) electrons. The van der Waals surface area contributed by atoms with Crippen LogP contribution in [0.2, 0.25) is 0 Å². The molecule has 114 valence electrons. The summed E-state index contributed by atoms with van der Waals surface area (Å²) in [5.41, 5.74) is -0.633. The molecule has 2 heterocycles. The Kier molecular flexibility index (Phi) is 4.06. The maximum Gasteiger partial charge on any atom is 0.408 e. The van der Waals surface area contributed by atoms with Crippen molar-refractivity contribution in [3.05, 3.63) is 18.2 Å². The fourth-order valence-corrected chi connectivity index (χ4v) is 1.91. The zero-order chi connectivity index (χ0) is 15.6. The topological polar surface area (TPSA) is 84.4 Å². The molecule has 1 saturated heterocycles. The molecule has 2 amide bonds. The summed E-state index contributed by atoms with van der Waals surface area (Å²) in [5, 5.41) is 2.51. The Morgan fingerprint density at radius 3 is 2.62 bits per heavy atom. The van der Waals surface area contributed by atoms with Crippen molar-refractivity contribution >= 4 is 17.9 Å². The largest absolute Gasteiger partial charge is 0.444 e. The Bertz CT molecular complexity index is 541. The molecule has 7 nitrogen and oxygen atoms in total. The lowest BCUT2D eigenvalue weighted by molar-refractivity contribution is -0.118. The molecule has 2 rings (SSSR count). The minimum atomic E-state index is -0.687. The summed E-state index contributed by atoms with van der Waals surface area (Å²) < 4.78 is 17.9. The third-order valence-electron chi connectivity index (χ3n) is 2.74. The number of aromatic nitrogens is 2. The maximum atomic E-state index is 12.8. The lowest BCUT2D eigenvalue weighted by Gasteiger charge is -2.21. The smallest absolute Gasteiger partial charge is 0.408 e. The van der Waals surface area contributed by atoms with E-state index in [9.17, 15) is 14.0 Å². The predicted octanol–water partition coefficient (Wildman–Crippen LogP) is 1.25. The van der Waals surface area contributed by atoms with Crippen LogP contribution in [0.25, 0.3) is 0 Å². The molecule has 0 saturated carbocycles. The molecule has 1 aliphatic rings. The number of halogens is 1. The third kappa shape index (κ3) is 3.87. The first-order valence-electron chi connectivity index (χ1n) is 6.55. The van der Waals surface area contributed by atoms with E-state index >= 15 is 0 Å². The Balaban J connectivity index is 1.98. The van der Waals surface area contributed by atoms with E-state index in [1.54, 1.807) is 20.8 Å². The number of alkyl carbamates (subject to hydrolysis) is 1. The number of ether oxygens (including phenoxy) is 1. The van der Waals surface area contributed by atoms with Crippen LogP contribution in [0, 0.1) is 5.82 Å². The van der Waals surface area contributed by atoms with Gasteiger partial charge in [-0.15, -0.1) is 0 Å². The molecule has 0 bridgehead atoms. The van der Waals surface area contributed by atoms with Crippen LogP contribution in [0.5, 0.6) is 0 Å². The van der Waals surface area contributed by atoms with Gasteiger partial charge in [-0.3, -0.25) is 9.69 Å². The van der Waals surface area contributed by atoms with Crippen LogP contribution in [0.4, 0.5) is 15.1 Å². The second-order valence-electron chi connectivity index (χ2n) is 5.68. The predicted molar refractivity (Wildman–Crippen MR) is 72.1 cm³/mol. The van der Waals surface area contributed by atoms with Gasteiger partial charge in [0.15, 0.2) is 5.82 Å². The van der Waals surface area contributed by atoms with E-state index in [1.807, 2.05) is 0 Å². The molecule has 1 aromatic heterocycles. The SMILES string of the molecule is CC(C)(C)OC(=O)NC1CCN(c2ncc(F)cn2)C1=O. The van der Waals surface area contributed by atoms with Crippen molar-refractivity contribution in [1.82, 2.24) is 15.3 Å². The summed E-state index contributed by atoms with van der Waals surface area (Å²) in [5.74, 6) is -0.795. The molecule has 0 aromatic carbocycles. The fraction of sp³-hybridized carbons (Fsp3) is 0.538. The molecule has 1 aliphatic heterocycles. The zero-order valence-electron chi connectivity index (χ0n) is 12.1. The number of carbonyl (C=O) groups is 2. The second-order valence-corrected chi connectivity index (χ2v) is 5.68.